The van der Waals surface area contributed by atoms with E-state index in [0.29, 0.717) is 28.4 Å². The van der Waals surface area contributed by atoms with E-state index in [4.69, 9.17) is 20.9 Å². The van der Waals surface area contributed by atoms with E-state index in [1.165, 1.54) is 10.8 Å². The molecular formula is C24H25ClN6O5. The van der Waals surface area contributed by atoms with Gasteiger partial charge in [0.1, 0.15) is 12.8 Å². The van der Waals surface area contributed by atoms with Crippen molar-refractivity contribution in [2.45, 2.75) is 51.5 Å². The second kappa shape index (κ2) is 10.2. The second-order valence-corrected chi connectivity index (χ2v) is 9.17. The van der Waals surface area contributed by atoms with Gasteiger partial charge in [0.2, 0.25) is 5.89 Å². The SMILES string of the molecule is Cc1cn(-c2cnn(C3CCCCO3)c2)c(=O)n(Cc2nc(CC(O)c3ccc(Cl)cc3)no2)c1=O. The number of nitrogens with zero attached hydrogens (tertiary/aromatic N) is 6. The van der Waals surface area contributed by atoms with Gasteiger partial charge in [0.15, 0.2) is 5.82 Å². The van der Waals surface area contributed by atoms with Crippen molar-refractivity contribution in [1.29, 1.82) is 0 Å². The third kappa shape index (κ3) is 5.03. The number of hydrogen-bond donors (Lipinski definition) is 1. The molecule has 5 rings (SSSR count). The normalized spacial score (nSPS) is 16.8. The first-order valence-corrected chi connectivity index (χ1v) is 12.0. The lowest BCUT2D eigenvalue weighted by atomic mass is 10.1. The van der Waals surface area contributed by atoms with Gasteiger partial charge >= 0.3 is 5.69 Å². The Hall–Kier alpha value is -3.54. The molecule has 1 aliphatic heterocycles. The summed E-state index contributed by atoms with van der Waals surface area (Å²) < 4.78 is 15.1. The molecule has 0 aliphatic carbocycles. The lowest BCUT2D eigenvalue weighted by molar-refractivity contribution is -0.0394. The van der Waals surface area contributed by atoms with Gasteiger partial charge in [0, 0.05) is 29.8 Å². The fraction of sp³-hybridized carbons (Fsp3) is 0.375. The number of aryl methyl sites for hydroxylation is 1. The first kappa shape index (κ1) is 24.2. The van der Waals surface area contributed by atoms with Crippen molar-refractivity contribution in [2.75, 3.05) is 6.61 Å². The molecule has 0 spiro atoms. The van der Waals surface area contributed by atoms with E-state index in [1.54, 1.807) is 48.3 Å². The zero-order valence-electron chi connectivity index (χ0n) is 19.6. The van der Waals surface area contributed by atoms with Gasteiger partial charge in [0.25, 0.3) is 5.56 Å². The summed E-state index contributed by atoms with van der Waals surface area (Å²) in [5, 5.41) is 19.3. The summed E-state index contributed by atoms with van der Waals surface area (Å²) in [6, 6.07) is 6.79. The van der Waals surface area contributed by atoms with Crippen molar-refractivity contribution < 1.29 is 14.4 Å². The minimum atomic E-state index is -0.865. The predicted molar refractivity (Wildman–Crippen MR) is 129 cm³/mol. The molecule has 4 heterocycles. The molecular weight excluding hydrogens is 488 g/mol. The zero-order valence-corrected chi connectivity index (χ0v) is 20.3. The molecule has 1 fully saturated rings. The number of rotatable bonds is 7. The number of benzene rings is 1. The van der Waals surface area contributed by atoms with E-state index in [-0.39, 0.29) is 30.9 Å². The Morgan fingerprint density at radius 2 is 2.00 bits per heavy atom. The third-order valence-electron chi connectivity index (χ3n) is 6.09. The maximum Gasteiger partial charge on any atom is 0.336 e. The summed E-state index contributed by atoms with van der Waals surface area (Å²) in [4.78, 5) is 30.3. The van der Waals surface area contributed by atoms with E-state index in [0.717, 1.165) is 23.8 Å². The minimum absolute atomic E-state index is 0.0796. The van der Waals surface area contributed by atoms with Gasteiger partial charge in [-0.05, 0) is 43.9 Å². The Bertz CT molecular complexity index is 1470. The molecule has 2 atom stereocenters. The molecule has 12 heteroatoms. The molecule has 0 saturated carbocycles. The van der Waals surface area contributed by atoms with Crippen LogP contribution in [0.4, 0.5) is 0 Å². The number of halogens is 1. The summed E-state index contributed by atoms with van der Waals surface area (Å²) in [6.07, 6.45) is 6.77. The maximum atomic E-state index is 13.2. The van der Waals surface area contributed by atoms with Crippen LogP contribution in [0.1, 0.15) is 54.4 Å². The molecule has 1 N–H and O–H groups in total. The van der Waals surface area contributed by atoms with Gasteiger partial charge in [-0.1, -0.05) is 28.9 Å². The number of ether oxygens (including phenoxy) is 1. The van der Waals surface area contributed by atoms with Crippen LogP contribution in [0.2, 0.25) is 5.02 Å². The van der Waals surface area contributed by atoms with Gasteiger partial charge in [-0.2, -0.15) is 10.1 Å². The lowest BCUT2D eigenvalue weighted by Crippen LogP contribution is -2.40. The van der Waals surface area contributed by atoms with Crippen molar-refractivity contribution in [3.05, 3.63) is 91.6 Å². The molecule has 1 aromatic carbocycles. The largest absolute Gasteiger partial charge is 0.388 e. The summed E-state index contributed by atoms with van der Waals surface area (Å²) >= 11 is 5.89. The highest BCUT2D eigenvalue weighted by molar-refractivity contribution is 6.30. The summed E-state index contributed by atoms with van der Waals surface area (Å²) in [7, 11) is 0. The number of aliphatic hydroxyl groups is 1. The molecule has 36 heavy (non-hydrogen) atoms. The minimum Gasteiger partial charge on any atom is -0.388 e. The van der Waals surface area contributed by atoms with Crippen molar-refractivity contribution >= 4 is 11.6 Å². The highest BCUT2D eigenvalue weighted by Crippen LogP contribution is 2.22. The highest BCUT2D eigenvalue weighted by Gasteiger charge is 2.20. The Balaban J connectivity index is 1.37. The van der Waals surface area contributed by atoms with Crippen molar-refractivity contribution in [2.24, 2.45) is 0 Å². The van der Waals surface area contributed by atoms with E-state index < -0.39 is 17.4 Å². The maximum absolute atomic E-state index is 13.2. The molecule has 3 aromatic heterocycles. The standard InChI is InChI=1S/C24H25ClN6O5/c1-15-12-29(18-11-26-31(13-18)22-4-2-3-9-35-22)24(34)30(23(15)33)14-21-27-20(28-36-21)10-19(32)16-5-7-17(25)8-6-16/h5-8,11-13,19,22,32H,2-4,9-10,14H2,1H3. The number of hydrogen-bond acceptors (Lipinski definition) is 8. The van der Waals surface area contributed by atoms with Crippen molar-refractivity contribution in [3.63, 3.8) is 0 Å². The predicted octanol–water partition coefficient (Wildman–Crippen LogP) is 2.56. The highest BCUT2D eigenvalue weighted by atomic mass is 35.5. The smallest absolute Gasteiger partial charge is 0.336 e. The molecule has 1 aliphatic rings. The van der Waals surface area contributed by atoms with Crippen LogP contribution in [0.15, 0.2) is 57.0 Å². The average Bonchev–Trinajstić information content (AvgIpc) is 3.55. The lowest BCUT2D eigenvalue weighted by Gasteiger charge is -2.22. The molecule has 188 valence electrons. The van der Waals surface area contributed by atoms with Gasteiger partial charge < -0.3 is 14.4 Å². The van der Waals surface area contributed by atoms with E-state index >= 15 is 0 Å². The Morgan fingerprint density at radius 1 is 1.19 bits per heavy atom. The quantitative estimate of drug-likeness (QED) is 0.400. The van der Waals surface area contributed by atoms with Crippen LogP contribution in [0.3, 0.4) is 0 Å². The van der Waals surface area contributed by atoms with Crippen LogP contribution < -0.4 is 11.2 Å². The van der Waals surface area contributed by atoms with Crippen LogP contribution in [-0.2, 0) is 17.7 Å². The van der Waals surface area contributed by atoms with Crippen molar-refractivity contribution in [3.8, 4) is 5.69 Å². The molecule has 2 unspecified atom stereocenters. The van der Waals surface area contributed by atoms with Gasteiger partial charge in [-0.15, -0.1) is 0 Å². The van der Waals surface area contributed by atoms with Crippen LogP contribution in [0, 0.1) is 6.92 Å². The van der Waals surface area contributed by atoms with Gasteiger partial charge in [0.05, 0.1) is 24.2 Å². The zero-order chi connectivity index (χ0) is 25.2. The van der Waals surface area contributed by atoms with E-state index in [1.807, 2.05) is 0 Å². The summed E-state index contributed by atoms with van der Waals surface area (Å²) in [5.74, 6) is 0.332. The molecule has 4 aromatic rings. The number of aromatic nitrogens is 6. The topological polar surface area (TPSA) is 130 Å². The second-order valence-electron chi connectivity index (χ2n) is 8.73. The molecule has 11 nitrogen and oxygen atoms in total. The Labute approximate surface area is 210 Å². The van der Waals surface area contributed by atoms with Crippen LogP contribution in [0.5, 0.6) is 0 Å². The van der Waals surface area contributed by atoms with Crippen LogP contribution in [-0.4, -0.2) is 40.8 Å². The fourth-order valence-corrected chi connectivity index (χ4v) is 4.27. The van der Waals surface area contributed by atoms with Crippen molar-refractivity contribution in [1.82, 2.24) is 29.1 Å². The van der Waals surface area contributed by atoms with E-state index in [9.17, 15) is 14.7 Å². The molecule has 0 amide bonds. The van der Waals surface area contributed by atoms with Crippen LogP contribution >= 0.6 is 11.6 Å². The van der Waals surface area contributed by atoms with Crippen LogP contribution in [0.25, 0.3) is 5.69 Å². The Morgan fingerprint density at radius 3 is 2.75 bits per heavy atom. The first-order chi connectivity index (χ1) is 17.4. The third-order valence-corrected chi connectivity index (χ3v) is 6.35. The molecule has 0 bridgehead atoms. The number of aliphatic hydroxyl groups excluding tert-OH is 1. The fourth-order valence-electron chi connectivity index (χ4n) is 4.15. The van der Waals surface area contributed by atoms with Gasteiger partial charge in [-0.25, -0.2) is 9.48 Å². The Kier molecular flexibility index (Phi) is 6.86. The summed E-state index contributed by atoms with van der Waals surface area (Å²) in [5.41, 5.74) is 0.524. The summed E-state index contributed by atoms with van der Waals surface area (Å²) in [6.45, 7) is 2.10. The van der Waals surface area contributed by atoms with Gasteiger partial charge in [-0.3, -0.25) is 13.9 Å². The molecule has 0 radical (unpaired) electrons. The average molecular weight is 513 g/mol. The molecule has 1 saturated heterocycles. The van der Waals surface area contributed by atoms with E-state index in [2.05, 4.69) is 15.2 Å². The monoisotopic (exact) mass is 512 g/mol. The first-order valence-electron chi connectivity index (χ1n) is 11.6.